The fourth-order valence-corrected chi connectivity index (χ4v) is 1.77. The molecule has 0 spiro atoms. The van der Waals surface area contributed by atoms with Gasteiger partial charge in [0.25, 0.3) is 0 Å². The molecule has 1 aliphatic heterocycles. The second kappa shape index (κ2) is 4.37. The molecule has 0 bridgehead atoms. The summed E-state index contributed by atoms with van der Waals surface area (Å²) in [5, 5.41) is 3.47. The van der Waals surface area contributed by atoms with Crippen LogP contribution in [0.2, 0.25) is 0 Å². The van der Waals surface area contributed by atoms with E-state index in [9.17, 15) is 0 Å². The highest BCUT2D eigenvalue weighted by molar-refractivity contribution is 5.09. The third-order valence-corrected chi connectivity index (χ3v) is 3.12. The molecule has 0 saturated carbocycles. The summed E-state index contributed by atoms with van der Waals surface area (Å²) in [6.45, 7) is 7.98. The van der Waals surface area contributed by atoms with Crippen molar-refractivity contribution in [3.63, 3.8) is 0 Å². The first-order valence-corrected chi connectivity index (χ1v) is 5.58. The van der Waals surface area contributed by atoms with Gasteiger partial charge >= 0.3 is 0 Å². The second-order valence-electron chi connectivity index (χ2n) is 4.44. The van der Waals surface area contributed by atoms with E-state index in [-0.39, 0.29) is 6.10 Å². The normalized spacial score (nSPS) is 32.6. The van der Waals surface area contributed by atoms with Crippen molar-refractivity contribution >= 4 is 0 Å². The monoisotopic (exact) mass is 209 g/mol. The Morgan fingerprint density at radius 2 is 2.13 bits per heavy atom. The first kappa shape index (κ1) is 10.7. The quantitative estimate of drug-likeness (QED) is 0.770. The van der Waals surface area contributed by atoms with Gasteiger partial charge in [0.05, 0.1) is 6.61 Å². The zero-order valence-corrected chi connectivity index (χ0v) is 9.62. The summed E-state index contributed by atoms with van der Waals surface area (Å²) in [5.41, 5.74) is 0. The Morgan fingerprint density at radius 3 is 2.80 bits per heavy atom. The van der Waals surface area contributed by atoms with Crippen LogP contribution in [0.5, 0.6) is 0 Å². The van der Waals surface area contributed by atoms with Crippen molar-refractivity contribution in [2.24, 2.45) is 5.92 Å². The molecule has 1 aliphatic rings. The molecule has 3 unspecified atom stereocenters. The van der Waals surface area contributed by atoms with Gasteiger partial charge in [-0.2, -0.15) is 0 Å². The molecule has 2 heterocycles. The number of furan rings is 1. The summed E-state index contributed by atoms with van der Waals surface area (Å²) in [6, 6.07) is 4.49. The summed E-state index contributed by atoms with van der Waals surface area (Å²) in [7, 11) is 0. The molecular formula is C12H19NO2. The second-order valence-corrected chi connectivity index (χ2v) is 4.44. The molecule has 84 valence electrons. The van der Waals surface area contributed by atoms with E-state index in [1.807, 2.05) is 19.1 Å². The molecule has 1 aromatic heterocycles. The van der Waals surface area contributed by atoms with Crippen molar-refractivity contribution in [1.29, 1.82) is 0 Å². The molecule has 0 aliphatic carbocycles. The highest BCUT2D eigenvalue weighted by Gasteiger charge is 2.24. The lowest BCUT2D eigenvalue weighted by atomic mass is 10.1. The van der Waals surface area contributed by atoms with E-state index in [0.29, 0.717) is 12.0 Å². The number of aryl methyl sites for hydroxylation is 1. The molecular weight excluding hydrogens is 190 g/mol. The number of rotatable bonds is 1. The molecule has 2 rings (SSSR count). The maximum Gasteiger partial charge on any atom is 0.134 e. The molecule has 0 aromatic carbocycles. The highest BCUT2D eigenvalue weighted by atomic mass is 16.5. The number of nitrogens with one attached hydrogen (secondary N) is 1. The third-order valence-electron chi connectivity index (χ3n) is 3.12. The van der Waals surface area contributed by atoms with Crippen LogP contribution in [-0.4, -0.2) is 19.2 Å². The van der Waals surface area contributed by atoms with Gasteiger partial charge in [-0.15, -0.1) is 0 Å². The van der Waals surface area contributed by atoms with Crippen LogP contribution in [0.25, 0.3) is 0 Å². The largest absolute Gasteiger partial charge is 0.464 e. The van der Waals surface area contributed by atoms with Crippen LogP contribution in [0.3, 0.4) is 0 Å². The van der Waals surface area contributed by atoms with Crippen molar-refractivity contribution in [3.05, 3.63) is 23.7 Å². The summed E-state index contributed by atoms with van der Waals surface area (Å²) < 4.78 is 11.4. The molecule has 1 aromatic rings. The number of ether oxygens (including phenoxy) is 1. The first-order chi connectivity index (χ1) is 7.16. The number of hydrogen-bond donors (Lipinski definition) is 1. The van der Waals surface area contributed by atoms with E-state index in [1.54, 1.807) is 0 Å². The van der Waals surface area contributed by atoms with Crippen molar-refractivity contribution in [1.82, 2.24) is 5.32 Å². The molecule has 0 amide bonds. The van der Waals surface area contributed by atoms with Gasteiger partial charge in [-0.25, -0.2) is 0 Å². The standard InChI is InChI=1S/C12H19NO2/c1-8-7-14-12(6-13-10(8)3)11-5-4-9(2)15-11/h4-5,8,10,12-13H,6-7H2,1-3H3. The van der Waals surface area contributed by atoms with Gasteiger partial charge in [0.15, 0.2) is 0 Å². The summed E-state index contributed by atoms with van der Waals surface area (Å²) in [6.07, 6.45) is 0.0612. The van der Waals surface area contributed by atoms with Crippen LogP contribution in [0, 0.1) is 12.8 Å². The fraction of sp³-hybridized carbons (Fsp3) is 0.667. The van der Waals surface area contributed by atoms with Crippen molar-refractivity contribution in [2.75, 3.05) is 13.2 Å². The predicted molar refractivity (Wildman–Crippen MR) is 58.8 cm³/mol. The highest BCUT2D eigenvalue weighted by Crippen LogP contribution is 2.23. The summed E-state index contributed by atoms with van der Waals surface area (Å²) in [5.74, 6) is 2.42. The third kappa shape index (κ3) is 2.41. The van der Waals surface area contributed by atoms with Crippen molar-refractivity contribution in [3.8, 4) is 0 Å². The molecule has 1 N–H and O–H groups in total. The van der Waals surface area contributed by atoms with Crippen molar-refractivity contribution in [2.45, 2.75) is 32.9 Å². The zero-order valence-electron chi connectivity index (χ0n) is 9.62. The Labute approximate surface area is 90.8 Å². The Kier molecular flexibility index (Phi) is 3.12. The lowest BCUT2D eigenvalue weighted by Crippen LogP contribution is -2.32. The van der Waals surface area contributed by atoms with Crippen molar-refractivity contribution < 1.29 is 9.15 Å². The molecule has 1 fully saturated rings. The molecule has 3 atom stereocenters. The van der Waals surface area contributed by atoms with Gasteiger partial charge in [-0.3, -0.25) is 0 Å². The number of hydrogen-bond acceptors (Lipinski definition) is 3. The van der Waals surface area contributed by atoms with Crippen LogP contribution in [0.15, 0.2) is 16.5 Å². The Hall–Kier alpha value is -0.800. The van der Waals surface area contributed by atoms with Crippen LogP contribution in [0.1, 0.15) is 31.5 Å². The van der Waals surface area contributed by atoms with E-state index in [0.717, 1.165) is 24.7 Å². The lowest BCUT2D eigenvalue weighted by Gasteiger charge is -2.15. The molecule has 3 heteroatoms. The summed E-state index contributed by atoms with van der Waals surface area (Å²) >= 11 is 0. The minimum Gasteiger partial charge on any atom is -0.464 e. The maximum absolute atomic E-state index is 5.83. The van der Waals surface area contributed by atoms with Gasteiger partial charge in [0.2, 0.25) is 0 Å². The molecule has 15 heavy (non-hydrogen) atoms. The predicted octanol–water partition coefficient (Wildman–Crippen LogP) is 2.27. The van der Waals surface area contributed by atoms with E-state index in [2.05, 4.69) is 19.2 Å². The first-order valence-electron chi connectivity index (χ1n) is 5.58. The Morgan fingerprint density at radius 1 is 1.33 bits per heavy atom. The van der Waals surface area contributed by atoms with E-state index in [4.69, 9.17) is 9.15 Å². The van der Waals surface area contributed by atoms with E-state index in [1.165, 1.54) is 0 Å². The van der Waals surface area contributed by atoms with Gasteiger partial charge < -0.3 is 14.5 Å². The lowest BCUT2D eigenvalue weighted by molar-refractivity contribution is 0.0356. The Balaban J connectivity index is 2.05. The van der Waals surface area contributed by atoms with Gasteiger partial charge in [-0.05, 0) is 31.9 Å². The average molecular weight is 209 g/mol. The van der Waals surface area contributed by atoms with Gasteiger partial charge in [-0.1, -0.05) is 6.92 Å². The smallest absolute Gasteiger partial charge is 0.134 e. The average Bonchev–Trinajstić information content (AvgIpc) is 2.56. The maximum atomic E-state index is 5.83. The van der Waals surface area contributed by atoms with Crippen LogP contribution >= 0.6 is 0 Å². The Bertz CT molecular complexity index is 309. The van der Waals surface area contributed by atoms with Gasteiger partial charge in [0, 0.05) is 12.6 Å². The van der Waals surface area contributed by atoms with Crippen LogP contribution < -0.4 is 5.32 Å². The molecule has 0 radical (unpaired) electrons. The van der Waals surface area contributed by atoms with Crippen LogP contribution in [-0.2, 0) is 4.74 Å². The van der Waals surface area contributed by atoms with Crippen LogP contribution in [0.4, 0.5) is 0 Å². The minimum atomic E-state index is 0.0612. The summed E-state index contributed by atoms with van der Waals surface area (Å²) in [4.78, 5) is 0. The fourth-order valence-electron chi connectivity index (χ4n) is 1.77. The molecule has 1 saturated heterocycles. The van der Waals surface area contributed by atoms with Gasteiger partial charge in [0.1, 0.15) is 17.6 Å². The van der Waals surface area contributed by atoms with E-state index >= 15 is 0 Å². The topological polar surface area (TPSA) is 34.4 Å². The van der Waals surface area contributed by atoms with E-state index < -0.39 is 0 Å². The SMILES string of the molecule is Cc1ccc(C2CNC(C)C(C)CO2)o1. The minimum absolute atomic E-state index is 0.0612. The molecule has 3 nitrogen and oxygen atoms in total. The zero-order chi connectivity index (χ0) is 10.8.